The zero-order chi connectivity index (χ0) is 17.4. The highest BCUT2D eigenvalue weighted by atomic mass is 35.5. The number of benzene rings is 1. The molecule has 1 amide bonds. The van der Waals surface area contributed by atoms with Crippen molar-refractivity contribution < 1.29 is 9.53 Å². The van der Waals surface area contributed by atoms with E-state index in [1.165, 1.54) is 5.56 Å². The number of fused-ring (bicyclic) bond motifs is 3. The maximum Gasteiger partial charge on any atom is 0.227 e. The van der Waals surface area contributed by atoms with Gasteiger partial charge in [-0.05, 0) is 30.9 Å². The van der Waals surface area contributed by atoms with Crippen molar-refractivity contribution in [3.05, 3.63) is 29.8 Å². The van der Waals surface area contributed by atoms with Crippen molar-refractivity contribution in [1.82, 2.24) is 4.90 Å². The Morgan fingerprint density at radius 2 is 1.96 bits per heavy atom. The summed E-state index contributed by atoms with van der Waals surface area (Å²) in [6, 6.07) is 8.82. The van der Waals surface area contributed by atoms with Gasteiger partial charge in [0, 0.05) is 31.3 Å². The van der Waals surface area contributed by atoms with Gasteiger partial charge in [-0.1, -0.05) is 31.0 Å². The van der Waals surface area contributed by atoms with Crippen molar-refractivity contribution in [2.45, 2.75) is 50.2 Å². The maximum absolute atomic E-state index is 13.3. The predicted molar refractivity (Wildman–Crippen MR) is 113 cm³/mol. The number of para-hydroxylation sites is 1. The van der Waals surface area contributed by atoms with Crippen LogP contribution in [0.5, 0.6) is 0 Å². The third-order valence-corrected chi connectivity index (χ3v) is 6.35. The lowest BCUT2D eigenvalue weighted by atomic mass is 9.81. The summed E-state index contributed by atoms with van der Waals surface area (Å²) < 4.78 is 5.45. The van der Waals surface area contributed by atoms with Crippen LogP contribution in [-0.4, -0.2) is 43.2 Å². The number of nitrogens with one attached hydrogen (secondary N) is 1. The van der Waals surface area contributed by atoms with E-state index in [0.717, 1.165) is 44.3 Å². The molecule has 2 heterocycles. The summed E-state index contributed by atoms with van der Waals surface area (Å²) in [5, 5.41) is 3.63. The molecule has 1 aromatic carbocycles. The molecular formula is C20H31Cl2N3O2. The molecule has 2 fully saturated rings. The number of hydrogen-bond donors (Lipinski definition) is 2. The molecule has 5 atom stereocenters. The van der Waals surface area contributed by atoms with Crippen molar-refractivity contribution >= 4 is 36.4 Å². The maximum atomic E-state index is 13.3. The molecule has 1 saturated heterocycles. The number of carbonyl (C=O) groups is 1. The Hall–Kier alpha value is -1.01. The molecule has 1 aromatic rings. The number of nitrogens with zero attached hydrogens (tertiary/aromatic N) is 1. The second-order valence-electron chi connectivity index (χ2n) is 7.78. The summed E-state index contributed by atoms with van der Waals surface area (Å²) in [5.41, 5.74) is 8.69. The van der Waals surface area contributed by atoms with Crippen molar-refractivity contribution in [3.63, 3.8) is 0 Å². The van der Waals surface area contributed by atoms with Gasteiger partial charge in [0.1, 0.15) is 0 Å². The number of likely N-dealkylation sites (tertiary alicyclic amines) is 1. The first-order chi connectivity index (χ1) is 12.2. The van der Waals surface area contributed by atoms with Gasteiger partial charge in [-0.3, -0.25) is 4.79 Å². The largest absolute Gasteiger partial charge is 0.383 e. The van der Waals surface area contributed by atoms with Gasteiger partial charge in [0.2, 0.25) is 5.91 Å². The molecule has 1 saturated carbocycles. The SMILES string of the molecule is COC[C@@H]1Nc2ccccc2[C@H]2[C@@H]1CCN2C(=O)[C@H]1CCCC[C@H]1N.Cl.Cl. The molecule has 152 valence electrons. The lowest BCUT2D eigenvalue weighted by Gasteiger charge is -2.41. The van der Waals surface area contributed by atoms with Crippen LogP contribution < -0.4 is 11.1 Å². The van der Waals surface area contributed by atoms with E-state index in [1.807, 2.05) is 6.07 Å². The lowest BCUT2D eigenvalue weighted by Crippen LogP contribution is -2.48. The van der Waals surface area contributed by atoms with E-state index in [-0.39, 0.29) is 54.8 Å². The first-order valence-electron chi connectivity index (χ1n) is 9.61. The molecule has 7 heteroatoms. The first kappa shape index (κ1) is 22.3. The van der Waals surface area contributed by atoms with E-state index >= 15 is 0 Å². The summed E-state index contributed by atoms with van der Waals surface area (Å²) >= 11 is 0. The Morgan fingerprint density at radius 1 is 1.22 bits per heavy atom. The Morgan fingerprint density at radius 3 is 2.70 bits per heavy atom. The fraction of sp³-hybridized carbons (Fsp3) is 0.650. The minimum Gasteiger partial charge on any atom is -0.383 e. The van der Waals surface area contributed by atoms with E-state index in [1.54, 1.807) is 7.11 Å². The van der Waals surface area contributed by atoms with Gasteiger partial charge in [0.05, 0.1) is 24.6 Å². The number of amides is 1. The molecular weight excluding hydrogens is 385 g/mol. The first-order valence-corrected chi connectivity index (χ1v) is 9.61. The second-order valence-corrected chi connectivity index (χ2v) is 7.78. The van der Waals surface area contributed by atoms with Gasteiger partial charge < -0.3 is 20.7 Å². The van der Waals surface area contributed by atoms with Crippen LogP contribution in [0.2, 0.25) is 0 Å². The number of halogens is 2. The van der Waals surface area contributed by atoms with Crippen LogP contribution in [-0.2, 0) is 9.53 Å². The van der Waals surface area contributed by atoms with Crippen LogP contribution in [0.4, 0.5) is 5.69 Å². The number of hydrogen-bond acceptors (Lipinski definition) is 4. The fourth-order valence-corrected chi connectivity index (χ4v) is 5.10. The van der Waals surface area contributed by atoms with Gasteiger partial charge >= 0.3 is 0 Å². The molecule has 1 aliphatic carbocycles. The number of carbonyl (C=O) groups excluding carboxylic acids is 1. The minimum atomic E-state index is -0.00424. The monoisotopic (exact) mass is 415 g/mol. The number of methoxy groups -OCH3 is 1. The van der Waals surface area contributed by atoms with E-state index in [4.69, 9.17) is 10.5 Å². The van der Waals surface area contributed by atoms with E-state index < -0.39 is 0 Å². The van der Waals surface area contributed by atoms with Crippen molar-refractivity contribution in [1.29, 1.82) is 0 Å². The van der Waals surface area contributed by atoms with Gasteiger partial charge in [-0.2, -0.15) is 0 Å². The van der Waals surface area contributed by atoms with Gasteiger partial charge in [0.25, 0.3) is 0 Å². The highest BCUT2D eigenvalue weighted by molar-refractivity contribution is 5.85. The van der Waals surface area contributed by atoms with Crippen molar-refractivity contribution in [3.8, 4) is 0 Å². The Kier molecular flexibility index (Phi) is 7.81. The zero-order valence-corrected chi connectivity index (χ0v) is 17.4. The molecule has 3 aliphatic rings. The highest BCUT2D eigenvalue weighted by Crippen LogP contribution is 2.47. The zero-order valence-electron chi connectivity index (χ0n) is 15.8. The summed E-state index contributed by atoms with van der Waals surface area (Å²) in [7, 11) is 1.75. The number of ether oxygens (including phenoxy) is 1. The quantitative estimate of drug-likeness (QED) is 0.793. The normalized spacial score (nSPS) is 31.6. The van der Waals surface area contributed by atoms with Gasteiger partial charge in [-0.15, -0.1) is 24.8 Å². The molecule has 4 rings (SSSR count). The Bertz CT molecular complexity index is 645. The van der Waals surface area contributed by atoms with E-state index in [9.17, 15) is 4.79 Å². The second kappa shape index (κ2) is 9.46. The molecule has 3 N–H and O–H groups in total. The lowest BCUT2D eigenvalue weighted by molar-refractivity contribution is -0.138. The topological polar surface area (TPSA) is 67.6 Å². The van der Waals surface area contributed by atoms with Crippen LogP contribution in [0.3, 0.4) is 0 Å². The van der Waals surface area contributed by atoms with Crippen LogP contribution in [0.1, 0.15) is 43.7 Å². The van der Waals surface area contributed by atoms with Crippen LogP contribution in [0, 0.1) is 11.8 Å². The molecule has 0 radical (unpaired) electrons. The third-order valence-electron chi connectivity index (χ3n) is 6.35. The van der Waals surface area contributed by atoms with E-state index in [0.29, 0.717) is 12.5 Å². The molecule has 27 heavy (non-hydrogen) atoms. The third kappa shape index (κ3) is 4.07. The highest BCUT2D eigenvalue weighted by Gasteiger charge is 2.47. The summed E-state index contributed by atoms with van der Waals surface area (Å²) in [6.07, 6.45) is 5.21. The smallest absolute Gasteiger partial charge is 0.227 e. The molecule has 0 spiro atoms. The molecule has 5 nitrogen and oxygen atoms in total. The standard InChI is InChI=1S/C20H29N3O2.2ClH/c1-25-12-18-15-10-11-23(20(24)13-6-2-4-8-16(13)21)19(15)14-7-3-5-9-17(14)22-18;;/h3,5,7,9,13,15-16,18-19,22H,2,4,6,8,10-12,21H2,1H3;2*1H/t13-,15+,16+,18-,19-;;/m0../s1. The van der Waals surface area contributed by atoms with Crippen molar-refractivity contribution in [2.75, 3.05) is 25.6 Å². The van der Waals surface area contributed by atoms with Gasteiger partial charge in [0.15, 0.2) is 0 Å². The van der Waals surface area contributed by atoms with E-state index in [2.05, 4.69) is 28.4 Å². The van der Waals surface area contributed by atoms with Gasteiger partial charge in [-0.25, -0.2) is 0 Å². The number of nitrogens with two attached hydrogens (primary N) is 1. The average molecular weight is 416 g/mol. The number of anilines is 1. The van der Waals surface area contributed by atoms with Crippen molar-refractivity contribution in [2.24, 2.45) is 17.6 Å². The minimum absolute atomic E-state index is 0. The fourth-order valence-electron chi connectivity index (χ4n) is 5.10. The van der Waals surface area contributed by atoms with Crippen LogP contribution >= 0.6 is 24.8 Å². The predicted octanol–water partition coefficient (Wildman–Crippen LogP) is 3.38. The molecule has 0 bridgehead atoms. The van der Waals surface area contributed by atoms with Crippen LogP contribution in [0.25, 0.3) is 0 Å². The van der Waals surface area contributed by atoms with Crippen LogP contribution in [0.15, 0.2) is 24.3 Å². The molecule has 0 unspecified atom stereocenters. The molecule has 0 aromatic heterocycles. The number of rotatable bonds is 3. The average Bonchev–Trinajstić information content (AvgIpc) is 3.07. The summed E-state index contributed by atoms with van der Waals surface area (Å²) in [5.74, 6) is 0.668. The Labute approximate surface area is 174 Å². The molecule has 2 aliphatic heterocycles. The summed E-state index contributed by atoms with van der Waals surface area (Å²) in [4.78, 5) is 15.5. The summed E-state index contributed by atoms with van der Waals surface area (Å²) in [6.45, 7) is 1.49. The Balaban J connectivity index is 0.00000131.